The van der Waals surface area contributed by atoms with Crippen LogP contribution in [0, 0.1) is 12.8 Å². The van der Waals surface area contributed by atoms with E-state index in [1.165, 1.54) is 21.1 Å². The third-order valence-corrected chi connectivity index (χ3v) is 5.94. The molecule has 0 bridgehead atoms. The Morgan fingerprint density at radius 2 is 2.04 bits per heavy atom. The van der Waals surface area contributed by atoms with E-state index in [9.17, 15) is 9.59 Å². The van der Waals surface area contributed by atoms with Crippen LogP contribution in [-0.4, -0.2) is 24.9 Å². The molecule has 0 radical (unpaired) electrons. The smallest absolute Gasteiger partial charge is 0.261 e. The van der Waals surface area contributed by atoms with E-state index in [0.29, 0.717) is 19.0 Å². The van der Waals surface area contributed by atoms with Gasteiger partial charge in [-0.15, -0.1) is 22.7 Å². The predicted octanol–water partition coefficient (Wildman–Crippen LogP) is 3.16. The molecule has 2 atom stereocenters. The van der Waals surface area contributed by atoms with Gasteiger partial charge in [-0.25, -0.2) is 0 Å². The maximum Gasteiger partial charge on any atom is 0.261 e. The first-order chi connectivity index (χ1) is 11.1. The van der Waals surface area contributed by atoms with Gasteiger partial charge in [0.15, 0.2) is 0 Å². The lowest BCUT2D eigenvalue weighted by Crippen LogP contribution is -2.30. The summed E-state index contributed by atoms with van der Waals surface area (Å²) in [6.45, 7) is 3.28. The van der Waals surface area contributed by atoms with Crippen LogP contribution < -0.4 is 10.6 Å². The second-order valence-corrected chi connectivity index (χ2v) is 8.04. The molecule has 4 nitrogen and oxygen atoms in total. The summed E-state index contributed by atoms with van der Waals surface area (Å²) in [5.74, 6) is 0.647. The molecule has 3 rings (SSSR count). The van der Waals surface area contributed by atoms with Crippen LogP contribution in [0.4, 0.5) is 0 Å². The van der Waals surface area contributed by atoms with Gasteiger partial charge in [0.25, 0.3) is 5.91 Å². The van der Waals surface area contributed by atoms with E-state index >= 15 is 0 Å². The molecule has 0 aromatic carbocycles. The Morgan fingerprint density at radius 1 is 1.22 bits per heavy atom. The van der Waals surface area contributed by atoms with Gasteiger partial charge in [-0.3, -0.25) is 9.59 Å². The molecule has 1 fully saturated rings. The van der Waals surface area contributed by atoms with E-state index in [0.717, 1.165) is 17.7 Å². The first-order valence-corrected chi connectivity index (χ1v) is 9.50. The van der Waals surface area contributed by atoms with E-state index < -0.39 is 0 Å². The van der Waals surface area contributed by atoms with Crippen molar-refractivity contribution >= 4 is 34.5 Å². The van der Waals surface area contributed by atoms with Crippen LogP contribution in [0.3, 0.4) is 0 Å². The lowest BCUT2D eigenvalue weighted by atomic mass is 10.2. The number of hydrogen-bond donors (Lipinski definition) is 2. The number of hydrogen-bond acceptors (Lipinski definition) is 4. The fourth-order valence-corrected chi connectivity index (χ4v) is 4.28. The lowest BCUT2D eigenvalue weighted by Gasteiger charge is -2.06. The van der Waals surface area contributed by atoms with Crippen molar-refractivity contribution in [2.24, 2.45) is 5.92 Å². The summed E-state index contributed by atoms with van der Waals surface area (Å²) < 4.78 is 0. The molecule has 2 heterocycles. The number of thiophene rings is 2. The van der Waals surface area contributed by atoms with Crippen LogP contribution in [0.15, 0.2) is 29.6 Å². The fraction of sp³-hybridized carbons (Fsp3) is 0.412. The van der Waals surface area contributed by atoms with E-state index in [1.807, 2.05) is 11.4 Å². The molecule has 2 N–H and O–H groups in total. The highest BCUT2D eigenvalue weighted by Gasteiger charge is 2.44. The largest absolute Gasteiger partial charge is 0.356 e. The van der Waals surface area contributed by atoms with E-state index in [2.05, 4.69) is 29.7 Å². The molecular weight excluding hydrogens is 328 g/mol. The van der Waals surface area contributed by atoms with E-state index in [1.54, 1.807) is 17.4 Å². The van der Waals surface area contributed by atoms with Crippen LogP contribution in [-0.2, 0) is 4.79 Å². The van der Waals surface area contributed by atoms with Crippen LogP contribution in [0.2, 0.25) is 0 Å². The first-order valence-electron chi connectivity index (χ1n) is 7.81. The van der Waals surface area contributed by atoms with Gasteiger partial charge in [0.2, 0.25) is 5.91 Å². The minimum absolute atomic E-state index is 0.0401. The molecule has 1 aliphatic rings. The van der Waals surface area contributed by atoms with Crippen molar-refractivity contribution in [3.05, 3.63) is 44.3 Å². The van der Waals surface area contributed by atoms with Crippen molar-refractivity contribution in [1.29, 1.82) is 0 Å². The molecule has 0 unspecified atom stereocenters. The highest BCUT2D eigenvalue weighted by Crippen LogP contribution is 2.49. The molecule has 23 heavy (non-hydrogen) atoms. The monoisotopic (exact) mass is 348 g/mol. The quantitative estimate of drug-likeness (QED) is 0.755. The topological polar surface area (TPSA) is 58.2 Å². The molecule has 0 saturated heterocycles. The zero-order chi connectivity index (χ0) is 16.2. The summed E-state index contributed by atoms with van der Waals surface area (Å²) in [7, 11) is 0. The van der Waals surface area contributed by atoms with Gasteiger partial charge < -0.3 is 10.6 Å². The summed E-state index contributed by atoms with van der Waals surface area (Å²) in [5.41, 5.74) is 0. The fourth-order valence-electron chi connectivity index (χ4n) is 2.58. The normalized spacial score (nSPS) is 19.3. The van der Waals surface area contributed by atoms with Crippen molar-refractivity contribution < 1.29 is 9.59 Å². The third-order valence-electron chi connectivity index (χ3n) is 3.94. The maximum absolute atomic E-state index is 12.1. The third kappa shape index (κ3) is 4.20. The van der Waals surface area contributed by atoms with Gasteiger partial charge in [0.05, 0.1) is 4.88 Å². The zero-order valence-corrected chi connectivity index (χ0v) is 14.6. The van der Waals surface area contributed by atoms with Crippen LogP contribution in [0.5, 0.6) is 0 Å². The summed E-state index contributed by atoms with van der Waals surface area (Å²) in [6.07, 6.45) is 1.71. The molecule has 0 spiro atoms. The van der Waals surface area contributed by atoms with Gasteiger partial charge in [-0.05, 0) is 43.3 Å². The van der Waals surface area contributed by atoms with Crippen molar-refractivity contribution in [3.8, 4) is 0 Å². The number of carbonyl (C=O) groups is 2. The highest BCUT2D eigenvalue weighted by molar-refractivity contribution is 7.12. The molecule has 2 amide bonds. The molecule has 1 aliphatic carbocycles. The number of amides is 2. The number of carbonyl (C=O) groups excluding carboxylic acids is 2. The standard InChI is InChI=1S/C17H20N2O2S2/c1-11-5-6-14(23-11)12-10-13(12)16(20)18-7-3-8-19-17(21)15-4-2-9-22-15/h2,4-6,9,12-13H,3,7-8,10H2,1H3,(H,18,20)(H,19,21)/t12-,13+/m0/s1. The molecule has 6 heteroatoms. The summed E-state index contributed by atoms with van der Waals surface area (Å²) in [6, 6.07) is 7.92. The van der Waals surface area contributed by atoms with E-state index in [-0.39, 0.29) is 17.7 Å². The Hall–Kier alpha value is -1.66. The van der Waals surface area contributed by atoms with E-state index in [4.69, 9.17) is 0 Å². The van der Waals surface area contributed by atoms with Crippen LogP contribution in [0.1, 0.15) is 38.2 Å². The Bertz CT molecular complexity index is 679. The van der Waals surface area contributed by atoms with Crippen molar-refractivity contribution in [2.45, 2.75) is 25.7 Å². The summed E-state index contributed by atoms with van der Waals surface area (Å²) >= 11 is 3.22. The van der Waals surface area contributed by atoms with Crippen molar-refractivity contribution in [2.75, 3.05) is 13.1 Å². The lowest BCUT2D eigenvalue weighted by molar-refractivity contribution is -0.122. The SMILES string of the molecule is Cc1ccc([C@H]2C[C@H]2C(=O)NCCCNC(=O)c2cccs2)s1. The number of aryl methyl sites for hydroxylation is 1. The maximum atomic E-state index is 12.1. The number of rotatable bonds is 7. The van der Waals surface area contributed by atoms with Gasteiger partial charge in [0, 0.05) is 34.7 Å². The molecule has 0 aliphatic heterocycles. The first kappa shape index (κ1) is 16.2. The Morgan fingerprint density at radius 3 is 2.74 bits per heavy atom. The molecule has 2 aromatic heterocycles. The predicted molar refractivity (Wildman–Crippen MR) is 94.2 cm³/mol. The summed E-state index contributed by atoms with van der Waals surface area (Å²) in [5, 5.41) is 7.72. The minimum atomic E-state index is -0.0401. The summed E-state index contributed by atoms with van der Waals surface area (Å²) in [4.78, 5) is 27.2. The van der Waals surface area contributed by atoms with Gasteiger partial charge in [-0.2, -0.15) is 0 Å². The average Bonchev–Trinajstić information content (AvgIpc) is 2.95. The minimum Gasteiger partial charge on any atom is -0.356 e. The molecule has 122 valence electrons. The molecule has 2 aromatic rings. The van der Waals surface area contributed by atoms with Gasteiger partial charge in [-0.1, -0.05) is 6.07 Å². The zero-order valence-electron chi connectivity index (χ0n) is 13.0. The molecular formula is C17H20N2O2S2. The van der Waals surface area contributed by atoms with Crippen LogP contribution >= 0.6 is 22.7 Å². The Balaban J connectivity index is 1.31. The Labute approximate surface area is 143 Å². The van der Waals surface area contributed by atoms with Crippen LogP contribution in [0.25, 0.3) is 0 Å². The Kier molecular flexibility index (Phi) is 5.13. The van der Waals surface area contributed by atoms with Crippen molar-refractivity contribution in [1.82, 2.24) is 10.6 Å². The van der Waals surface area contributed by atoms with Crippen molar-refractivity contribution in [3.63, 3.8) is 0 Å². The van der Waals surface area contributed by atoms with Gasteiger partial charge in [0.1, 0.15) is 0 Å². The molecule has 1 saturated carbocycles. The average molecular weight is 348 g/mol. The second kappa shape index (κ2) is 7.27. The highest BCUT2D eigenvalue weighted by atomic mass is 32.1. The van der Waals surface area contributed by atoms with Gasteiger partial charge >= 0.3 is 0 Å². The second-order valence-electron chi connectivity index (χ2n) is 5.77. The number of nitrogens with one attached hydrogen (secondary N) is 2.